The Kier molecular flexibility index (Phi) is 10.0. The van der Waals surface area contributed by atoms with E-state index in [-0.39, 0.29) is 28.9 Å². The number of carbonyl (C=O) groups is 1. The molecule has 208 valence electrons. The largest absolute Gasteiger partial charge is 0.493 e. The summed E-state index contributed by atoms with van der Waals surface area (Å²) in [5.74, 6) is -3.11. The summed E-state index contributed by atoms with van der Waals surface area (Å²) in [5, 5.41) is 0. The summed E-state index contributed by atoms with van der Waals surface area (Å²) in [6.45, 7) is 5.30. The highest BCUT2D eigenvalue weighted by Gasteiger charge is 2.27. The molecule has 0 aliphatic heterocycles. The Hall–Kier alpha value is -3.32. The molecule has 4 rings (SSSR count). The molecule has 0 unspecified atom stereocenters. The molecular weight excluding hydrogens is 505 g/mol. The lowest BCUT2D eigenvalue weighted by molar-refractivity contribution is 0.0248. The lowest BCUT2D eigenvalue weighted by atomic mass is 9.82. The number of esters is 1. The molecule has 0 radical (unpaired) electrons. The van der Waals surface area contributed by atoms with E-state index >= 15 is 8.78 Å². The van der Waals surface area contributed by atoms with Crippen molar-refractivity contribution < 1.29 is 32.2 Å². The SMILES string of the molecule is CCCCOc1ccc(OC(=O)c2ccc(-c3ccc(C4CCC(OCCC)CC4)c(F)c3F)cc2)c(F)c1. The highest BCUT2D eigenvalue weighted by molar-refractivity contribution is 5.91. The number of unbranched alkanes of at least 4 members (excludes halogenated alkanes) is 1. The first kappa shape index (κ1) is 28.7. The van der Waals surface area contributed by atoms with Crippen LogP contribution in [-0.4, -0.2) is 25.3 Å². The number of rotatable bonds is 11. The van der Waals surface area contributed by atoms with Crippen LogP contribution in [0.4, 0.5) is 13.2 Å². The fourth-order valence-corrected chi connectivity index (χ4v) is 4.86. The monoisotopic (exact) mass is 540 g/mol. The molecular formula is C32H35F3O4. The van der Waals surface area contributed by atoms with E-state index in [1.165, 1.54) is 42.5 Å². The molecule has 7 heteroatoms. The Morgan fingerprint density at radius 3 is 2.26 bits per heavy atom. The van der Waals surface area contributed by atoms with Crippen LogP contribution in [-0.2, 0) is 4.74 Å². The van der Waals surface area contributed by atoms with Gasteiger partial charge in [-0.2, -0.15) is 0 Å². The summed E-state index contributed by atoms with van der Waals surface area (Å²) in [6, 6.07) is 13.2. The molecule has 0 heterocycles. The van der Waals surface area contributed by atoms with E-state index < -0.39 is 23.4 Å². The number of hydrogen-bond donors (Lipinski definition) is 0. The normalized spacial score (nSPS) is 17.2. The topological polar surface area (TPSA) is 44.8 Å². The Morgan fingerprint density at radius 1 is 0.846 bits per heavy atom. The lowest BCUT2D eigenvalue weighted by Crippen LogP contribution is -2.21. The maximum Gasteiger partial charge on any atom is 0.343 e. The molecule has 0 atom stereocenters. The van der Waals surface area contributed by atoms with Crippen LogP contribution in [0.15, 0.2) is 54.6 Å². The van der Waals surface area contributed by atoms with Gasteiger partial charge in [0.2, 0.25) is 0 Å². The van der Waals surface area contributed by atoms with Gasteiger partial charge < -0.3 is 14.2 Å². The number of ether oxygens (including phenoxy) is 3. The zero-order valence-electron chi connectivity index (χ0n) is 22.5. The molecule has 0 spiro atoms. The maximum absolute atomic E-state index is 15.1. The van der Waals surface area contributed by atoms with E-state index in [4.69, 9.17) is 14.2 Å². The van der Waals surface area contributed by atoms with E-state index in [1.54, 1.807) is 12.1 Å². The second-order valence-corrected chi connectivity index (χ2v) is 9.94. The van der Waals surface area contributed by atoms with Crippen LogP contribution in [0.2, 0.25) is 0 Å². The van der Waals surface area contributed by atoms with E-state index in [0.717, 1.165) is 51.6 Å². The van der Waals surface area contributed by atoms with Crippen LogP contribution in [0.3, 0.4) is 0 Å². The van der Waals surface area contributed by atoms with Crippen molar-refractivity contribution in [3.63, 3.8) is 0 Å². The third-order valence-electron chi connectivity index (χ3n) is 7.09. The molecule has 0 saturated heterocycles. The van der Waals surface area contributed by atoms with E-state index in [1.807, 2.05) is 6.92 Å². The smallest absolute Gasteiger partial charge is 0.343 e. The van der Waals surface area contributed by atoms with E-state index in [2.05, 4.69) is 6.92 Å². The first-order valence-electron chi connectivity index (χ1n) is 13.8. The lowest BCUT2D eigenvalue weighted by Gasteiger charge is -2.29. The van der Waals surface area contributed by atoms with Crippen molar-refractivity contribution in [1.82, 2.24) is 0 Å². The van der Waals surface area contributed by atoms with Crippen molar-refractivity contribution in [3.8, 4) is 22.6 Å². The number of hydrogen-bond acceptors (Lipinski definition) is 4. The van der Waals surface area contributed by atoms with Gasteiger partial charge in [-0.3, -0.25) is 0 Å². The van der Waals surface area contributed by atoms with Crippen LogP contribution in [0.1, 0.15) is 80.6 Å². The molecule has 0 amide bonds. The van der Waals surface area contributed by atoms with Gasteiger partial charge in [0.25, 0.3) is 0 Å². The van der Waals surface area contributed by atoms with Gasteiger partial charge in [-0.1, -0.05) is 44.5 Å². The second-order valence-electron chi connectivity index (χ2n) is 9.94. The third kappa shape index (κ3) is 7.21. The Balaban J connectivity index is 1.40. The average molecular weight is 541 g/mol. The summed E-state index contributed by atoms with van der Waals surface area (Å²) in [6.07, 6.45) is 6.17. The average Bonchev–Trinajstić information content (AvgIpc) is 2.95. The highest BCUT2D eigenvalue weighted by atomic mass is 19.2. The molecule has 0 aromatic heterocycles. The number of halogens is 3. The molecule has 3 aromatic carbocycles. The molecule has 4 nitrogen and oxygen atoms in total. The van der Waals surface area contributed by atoms with Crippen LogP contribution in [0.5, 0.6) is 11.5 Å². The van der Waals surface area contributed by atoms with Crippen molar-refractivity contribution in [3.05, 3.63) is 83.2 Å². The van der Waals surface area contributed by atoms with Gasteiger partial charge in [0.05, 0.1) is 18.3 Å². The van der Waals surface area contributed by atoms with Gasteiger partial charge in [-0.25, -0.2) is 18.0 Å². The molecule has 0 bridgehead atoms. The fraction of sp³-hybridized carbons (Fsp3) is 0.406. The van der Waals surface area contributed by atoms with Gasteiger partial charge in [0.1, 0.15) is 5.75 Å². The number of benzene rings is 3. The van der Waals surface area contributed by atoms with Crippen LogP contribution < -0.4 is 9.47 Å². The third-order valence-corrected chi connectivity index (χ3v) is 7.09. The number of carbonyl (C=O) groups excluding carboxylic acids is 1. The molecule has 3 aromatic rings. The predicted octanol–water partition coefficient (Wildman–Crippen LogP) is 8.62. The molecule has 1 fully saturated rings. The van der Waals surface area contributed by atoms with Crippen molar-refractivity contribution in [1.29, 1.82) is 0 Å². The Labute approximate surface area is 228 Å². The molecule has 0 N–H and O–H groups in total. The van der Waals surface area contributed by atoms with E-state index in [0.29, 0.717) is 23.5 Å². The minimum Gasteiger partial charge on any atom is -0.493 e. The summed E-state index contributed by atoms with van der Waals surface area (Å²) in [4.78, 5) is 12.6. The van der Waals surface area contributed by atoms with Crippen LogP contribution >= 0.6 is 0 Å². The summed E-state index contributed by atoms with van der Waals surface area (Å²) in [7, 11) is 0. The van der Waals surface area contributed by atoms with Crippen molar-refractivity contribution >= 4 is 5.97 Å². The minimum absolute atomic E-state index is 0.0375. The van der Waals surface area contributed by atoms with Gasteiger partial charge in [0.15, 0.2) is 23.2 Å². The van der Waals surface area contributed by atoms with Gasteiger partial charge in [-0.05, 0) is 79.8 Å². The quantitative estimate of drug-likeness (QED) is 0.139. The molecule has 39 heavy (non-hydrogen) atoms. The standard InChI is InChI=1S/C32H35F3O4/c1-3-5-19-38-25-14-17-29(28(33)20-25)39-32(36)23-8-6-21(7-9-23)26-15-16-27(31(35)30(26)34)22-10-12-24(13-11-22)37-18-4-2/h6-9,14-17,20,22,24H,3-5,10-13,18-19H2,1-2H3. The zero-order chi connectivity index (χ0) is 27.8. The minimum atomic E-state index is -0.907. The predicted molar refractivity (Wildman–Crippen MR) is 145 cm³/mol. The second kappa shape index (κ2) is 13.7. The Bertz CT molecular complexity index is 1250. The molecule has 1 aliphatic rings. The molecule has 1 saturated carbocycles. The summed E-state index contributed by atoms with van der Waals surface area (Å²) >= 11 is 0. The van der Waals surface area contributed by atoms with Crippen molar-refractivity contribution in [2.45, 2.75) is 70.8 Å². The summed E-state index contributed by atoms with van der Waals surface area (Å²) in [5.41, 5.74) is 1.09. The highest BCUT2D eigenvalue weighted by Crippen LogP contribution is 2.38. The van der Waals surface area contributed by atoms with Gasteiger partial charge in [-0.15, -0.1) is 0 Å². The Morgan fingerprint density at radius 2 is 1.59 bits per heavy atom. The zero-order valence-corrected chi connectivity index (χ0v) is 22.5. The van der Waals surface area contributed by atoms with Crippen LogP contribution in [0.25, 0.3) is 11.1 Å². The van der Waals surface area contributed by atoms with Gasteiger partial charge in [0, 0.05) is 18.2 Å². The van der Waals surface area contributed by atoms with Gasteiger partial charge >= 0.3 is 5.97 Å². The maximum atomic E-state index is 15.1. The van der Waals surface area contributed by atoms with Crippen LogP contribution in [0, 0.1) is 17.5 Å². The first-order valence-corrected chi connectivity index (χ1v) is 13.8. The van der Waals surface area contributed by atoms with Crippen molar-refractivity contribution in [2.75, 3.05) is 13.2 Å². The first-order chi connectivity index (χ1) is 18.9. The van der Waals surface area contributed by atoms with Crippen molar-refractivity contribution in [2.24, 2.45) is 0 Å². The summed E-state index contributed by atoms with van der Waals surface area (Å²) < 4.78 is 61.1. The fourth-order valence-electron chi connectivity index (χ4n) is 4.86. The van der Waals surface area contributed by atoms with E-state index in [9.17, 15) is 9.18 Å². The molecule has 1 aliphatic carbocycles.